The number of thiazole rings is 1. The van der Waals surface area contributed by atoms with Crippen molar-refractivity contribution in [3.05, 3.63) is 66.1 Å². The van der Waals surface area contributed by atoms with Crippen LogP contribution in [0.5, 0.6) is 11.5 Å². The van der Waals surface area contributed by atoms with Gasteiger partial charge in [-0.2, -0.15) is 0 Å². The Morgan fingerprint density at radius 2 is 1.83 bits per heavy atom. The number of para-hydroxylation sites is 1. The normalized spacial score (nSPS) is 22.9. The molecule has 3 aliphatic rings. The number of allylic oxidation sites excluding steroid dienone is 1. The molecule has 0 unspecified atom stereocenters. The summed E-state index contributed by atoms with van der Waals surface area (Å²) in [7, 11) is -2.80. The molecule has 4 heterocycles. The van der Waals surface area contributed by atoms with E-state index in [-0.39, 0.29) is 54.5 Å². The number of hydrogen-bond donors (Lipinski definition) is 5. The fourth-order valence-corrected chi connectivity index (χ4v) is 10.7. The molecule has 65 heavy (non-hydrogen) atoms. The van der Waals surface area contributed by atoms with Gasteiger partial charge in [0, 0.05) is 67.2 Å². The number of carbonyl (C=O) groups excluding carboxylic acids is 4. The molecule has 348 valence electrons. The average molecular weight is 929 g/mol. The van der Waals surface area contributed by atoms with Crippen molar-refractivity contribution in [2.45, 2.75) is 121 Å². The first-order chi connectivity index (χ1) is 31.0. The number of methoxy groups -OCH3 is 1. The smallest absolute Gasteiger partial charge is 0.266 e. The van der Waals surface area contributed by atoms with Crippen LogP contribution >= 0.6 is 11.3 Å². The van der Waals surface area contributed by atoms with Gasteiger partial charge in [-0.15, -0.1) is 11.3 Å². The third kappa shape index (κ3) is 11.4. The zero-order chi connectivity index (χ0) is 46.5. The Bertz CT molecular complexity index is 2550. The number of nitrogens with one attached hydrogen (secondary N) is 5. The zero-order valence-electron chi connectivity index (χ0n) is 37.8. The van der Waals surface area contributed by atoms with Crippen molar-refractivity contribution in [1.82, 2.24) is 30.2 Å². The van der Waals surface area contributed by atoms with Crippen molar-refractivity contribution in [2.75, 3.05) is 30.8 Å². The maximum Gasteiger partial charge on any atom is 0.266 e. The summed E-state index contributed by atoms with van der Waals surface area (Å²) >= 11 is 1.46. The Labute approximate surface area is 384 Å². The standard InChI is InChI=1S/C47H60N8O8S2/c1-28(2)20-32(50-30(5)56)21-43(57)55-26-34(63-41-24-38(39-27-64-46(52-39)49-29(3)4)51-37-22-33(62-6)17-18-35(37)41)23-40(55)44(58)53-47-25-31(47)14-10-8-7-9-13-19-48-36-15-11-12-16-42(36)65(60,61)54-45(47)59/h10-12,14-18,22,24,27-29,31-32,34,40,48H,7-9,13,19-21,23,25-26H2,1-6H3,(H,49,52)(H,50,56)(H,53,58)(H,54,59)/b14-10-/t31-,32-,34+,40-,47+/m0/s1. The Balaban J connectivity index is 1.21. The molecular weight excluding hydrogens is 869 g/mol. The van der Waals surface area contributed by atoms with E-state index in [0.29, 0.717) is 52.4 Å². The number of benzene rings is 2. The molecule has 1 aliphatic carbocycles. The third-order valence-corrected chi connectivity index (χ3v) is 14.0. The molecule has 2 aliphatic heterocycles. The number of fused-ring (bicyclic) bond motifs is 3. The van der Waals surface area contributed by atoms with Gasteiger partial charge >= 0.3 is 0 Å². The number of sulfonamides is 1. The number of amides is 4. The summed E-state index contributed by atoms with van der Waals surface area (Å²) in [5, 5.41) is 15.7. The number of nitrogens with zero attached hydrogens (tertiary/aromatic N) is 3. The first-order valence-corrected chi connectivity index (χ1v) is 24.7. The lowest BCUT2D eigenvalue weighted by Crippen LogP contribution is -2.56. The summed E-state index contributed by atoms with van der Waals surface area (Å²) in [6, 6.07) is 12.2. The summed E-state index contributed by atoms with van der Waals surface area (Å²) in [5.74, 6) is -1.42. The predicted molar refractivity (Wildman–Crippen MR) is 251 cm³/mol. The lowest BCUT2D eigenvalue weighted by molar-refractivity contribution is -0.140. The Kier molecular flexibility index (Phi) is 14.7. The van der Waals surface area contributed by atoms with Gasteiger partial charge in [0.15, 0.2) is 5.13 Å². The van der Waals surface area contributed by atoms with Gasteiger partial charge in [-0.05, 0) is 76.1 Å². The number of ether oxygens (including phenoxy) is 2. The second kappa shape index (κ2) is 20.2. The van der Waals surface area contributed by atoms with Crippen LogP contribution in [0.15, 0.2) is 71.0 Å². The molecule has 2 fully saturated rings. The number of aromatic nitrogens is 2. The largest absolute Gasteiger partial charge is 0.497 e. The fourth-order valence-electron chi connectivity index (χ4n) is 8.65. The molecule has 18 heteroatoms. The highest BCUT2D eigenvalue weighted by Crippen LogP contribution is 2.46. The van der Waals surface area contributed by atoms with Gasteiger partial charge in [-0.3, -0.25) is 19.2 Å². The van der Waals surface area contributed by atoms with Crippen LogP contribution in [0.2, 0.25) is 0 Å². The summed E-state index contributed by atoms with van der Waals surface area (Å²) in [5.41, 5.74) is 0.551. The molecular formula is C47H60N8O8S2. The van der Waals surface area contributed by atoms with Crippen molar-refractivity contribution in [3.8, 4) is 22.9 Å². The Morgan fingerprint density at radius 3 is 2.58 bits per heavy atom. The van der Waals surface area contributed by atoms with Crippen LogP contribution in [-0.4, -0.2) is 96.9 Å². The maximum atomic E-state index is 14.8. The number of hydrogen-bond acceptors (Lipinski definition) is 13. The van der Waals surface area contributed by atoms with E-state index in [1.807, 2.05) is 51.3 Å². The zero-order valence-corrected chi connectivity index (χ0v) is 39.4. The van der Waals surface area contributed by atoms with Crippen LogP contribution in [-0.2, 0) is 29.2 Å². The van der Waals surface area contributed by atoms with Gasteiger partial charge in [0.2, 0.25) is 17.7 Å². The number of rotatable bonds is 13. The van der Waals surface area contributed by atoms with Gasteiger partial charge in [0.05, 0.1) is 30.6 Å². The van der Waals surface area contributed by atoms with Crippen molar-refractivity contribution in [3.63, 3.8) is 0 Å². The topological polar surface area (TPSA) is 210 Å². The van der Waals surface area contributed by atoms with Gasteiger partial charge in [-0.1, -0.05) is 44.6 Å². The van der Waals surface area contributed by atoms with Crippen molar-refractivity contribution in [2.24, 2.45) is 11.8 Å². The molecule has 5 N–H and O–H groups in total. The minimum atomic E-state index is -4.38. The van der Waals surface area contributed by atoms with E-state index in [4.69, 9.17) is 19.4 Å². The second-order valence-corrected chi connectivity index (χ2v) is 20.4. The molecule has 2 aromatic carbocycles. The second-order valence-electron chi connectivity index (χ2n) is 17.9. The van der Waals surface area contributed by atoms with E-state index in [0.717, 1.165) is 30.8 Å². The maximum absolute atomic E-state index is 14.8. The fraction of sp³-hybridized carbons (Fsp3) is 0.489. The number of anilines is 2. The van der Waals surface area contributed by atoms with E-state index in [9.17, 15) is 27.6 Å². The Morgan fingerprint density at radius 1 is 1.03 bits per heavy atom. The van der Waals surface area contributed by atoms with Gasteiger partial charge in [0.1, 0.15) is 39.8 Å². The average Bonchev–Trinajstić information content (AvgIpc) is 3.51. The molecule has 2 aromatic heterocycles. The highest BCUT2D eigenvalue weighted by atomic mass is 32.2. The molecule has 5 atom stereocenters. The van der Waals surface area contributed by atoms with E-state index in [1.165, 1.54) is 29.2 Å². The van der Waals surface area contributed by atoms with Gasteiger partial charge in [-0.25, -0.2) is 23.1 Å². The van der Waals surface area contributed by atoms with Crippen LogP contribution in [0, 0.1) is 11.8 Å². The summed E-state index contributed by atoms with van der Waals surface area (Å²) in [6.07, 6.45) is 7.21. The van der Waals surface area contributed by atoms with Crippen molar-refractivity contribution in [1.29, 1.82) is 0 Å². The summed E-state index contributed by atoms with van der Waals surface area (Å²) in [4.78, 5) is 66.9. The number of pyridine rings is 1. The van der Waals surface area contributed by atoms with Gasteiger partial charge < -0.3 is 35.6 Å². The first kappa shape index (κ1) is 47.2. The minimum absolute atomic E-state index is 0.0144. The molecule has 1 saturated heterocycles. The molecule has 7 rings (SSSR count). The highest BCUT2D eigenvalue weighted by Gasteiger charge is 2.61. The predicted octanol–water partition coefficient (Wildman–Crippen LogP) is 6.40. The Hall–Kier alpha value is -5.75. The van der Waals surface area contributed by atoms with Crippen LogP contribution in [0.25, 0.3) is 22.3 Å². The highest BCUT2D eigenvalue weighted by molar-refractivity contribution is 7.90. The molecule has 1 saturated carbocycles. The third-order valence-electron chi connectivity index (χ3n) is 11.8. The van der Waals surface area contributed by atoms with Crippen LogP contribution in [0.1, 0.15) is 86.0 Å². The monoisotopic (exact) mass is 928 g/mol. The van der Waals surface area contributed by atoms with Crippen LogP contribution in [0.4, 0.5) is 10.8 Å². The molecule has 0 radical (unpaired) electrons. The lowest BCUT2D eigenvalue weighted by atomic mass is 10.00. The van der Waals surface area contributed by atoms with Crippen LogP contribution < -0.4 is 35.5 Å². The van der Waals surface area contributed by atoms with E-state index in [1.54, 1.807) is 43.5 Å². The SMILES string of the molecule is COc1ccc2c(O[C@@H]3C[C@@H](C(=O)N[C@]45C[C@@H]4/C=C\CCCCCNc4ccccc4S(=O)(=O)NC5=O)N(C(=O)C[C@H](CC(C)C)NC(C)=O)C3)cc(-c3csc(NC(C)C)n3)nc2c1. The summed E-state index contributed by atoms with van der Waals surface area (Å²) in [6.45, 7) is 10.0. The molecule has 4 amide bonds. The lowest BCUT2D eigenvalue weighted by Gasteiger charge is -2.28. The van der Waals surface area contributed by atoms with E-state index >= 15 is 0 Å². The quantitative estimate of drug-likeness (QED) is 0.0924. The number of likely N-dealkylation sites (tertiary alicyclic amines) is 1. The van der Waals surface area contributed by atoms with Crippen LogP contribution in [0.3, 0.4) is 0 Å². The minimum Gasteiger partial charge on any atom is -0.497 e. The molecule has 16 nitrogen and oxygen atoms in total. The first-order valence-electron chi connectivity index (χ1n) is 22.4. The molecule has 4 aromatic rings. The van der Waals surface area contributed by atoms with Crippen molar-refractivity contribution >= 4 is 66.7 Å². The van der Waals surface area contributed by atoms with Gasteiger partial charge in [0.25, 0.3) is 15.9 Å². The molecule has 0 spiro atoms. The van der Waals surface area contributed by atoms with E-state index < -0.39 is 51.5 Å². The summed E-state index contributed by atoms with van der Waals surface area (Å²) < 4.78 is 42.3. The number of carbonyl (C=O) groups is 4. The van der Waals surface area contributed by atoms with E-state index in [2.05, 4.69) is 26.0 Å². The molecule has 0 bridgehead atoms. The van der Waals surface area contributed by atoms with Crippen molar-refractivity contribution < 1.29 is 37.1 Å².